The molecule has 168 valence electrons. The third-order valence-corrected chi connectivity index (χ3v) is 5.24. The Kier molecular flexibility index (Phi) is 5.58. The topological polar surface area (TPSA) is 103 Å². The number of amides is 1. The van der Waals surface area contributed by atoms with E-state index < -0.39 is 17.7 Å². The lowest BCUT2D eigenvalue weighted by atomic mass is 10.0. The van der Waals surface area contributed by atoms with Crippen molar-refractivity contribution < 1.29 is 13.9 Å². The Balaban J connectivity index is 1.75. The second kappa shape index (κ2) is 8.22. The Morgan fingerprint density at radius 1 is 1.16 bits per heavy atom. The summed E-state index contributed by atoms with van der Waals surface area (Å²) in [6.07, 6.45) is -0.0132. The van der Waals surface area contributed by atoms with E-state index in [1.165, 1.54) is 0 Å². The number of carbonyl (C=O) groups is 1. The summed E-state index contributed by atoms with van der Waals surface area (Å²) < 4.78 is 12.8. The maximum atomic E-state index is 13.6. The van der Waals surface area contributed by atoms with Gasteiger partial charge in [-0.2, -0.15) is 0 Å². The first-order valence-corrected chi connectivity index (χ1v) is 10.6. The lowest BCUT2D eigenvalue weighted by molar-refractivity contribution is 0.0219. The summed E-state index contributed by atoms with van der Waals surface area (Å²) in [6, 6.07) is 8.95. The average Bonchev–Trinajstić information content (AvgIpc) is 3.15. The maximum Gasteiger partial charge on any atom is 0.410 e. The molecule has 4 rings (SSSR count). The van der Waals surface area contributed by atoms with E-state index in [0.29, 0.717) is 41.8 Å². The van der Waals surface area contributed by atoms with Gasteiger partial charge in [-0.15, -0.1) is 10.2 Å². The van der Waals surface area contributed by atoms with E-state index in [4.69, 9.17) is 14.1 Å². The molecule has 32 heavy (non-hydrogen) atoms. The summed E-state index contributed by atoms with van der Waals surface area (Å²) in [6.45, 7) is 9.58. The van der Waals surface area contributed by atoms with Crippen molar-refractivity contribution in [2.24, 2.45) is 0 Å². The number of nitrogens with zero attached hydrogens (tertiary/aromatic N) is 5. The fraction of sp³-hybridized carbons (Fsp3) is 0.435. The standard InChI is InChI=1S/C23H27N5O4/c1-14-24-18-13-27(22(30)32-23(3,4)5)12-11-17(18)21(29)28(14)19(16-9-7-6-8-10-16)20-26-25-15(2)31-20/h6-10,19H,11-13H2,1-5H3. The third-order valence-electron chi connectivity index (χ3n) is 5.24. The Hall–Kier alpha value is -3.49. The molecule has 0 fully saturated rings. The van der Waals surface area contributed by atoms with Gasteiger partial charge in [0.25, 0.3) is 5.56 Å². The zero-order valence-electron chi connectivity index (χ0n) is 19.0. The fourth-order valence-corrected chi connectivity index (χ4v) is 3.87. The number of carbonyl (C=O) groups excluding carboxylic acids is 1. The molecule has 2 aromatic heterocycles. The van der Waals surface area contributed by atoms with Crippen molar-refractivity contribution in [2.45, 2.75) is 59.2 Å². The minimum atomic E-state index is -0.591. The van der Waals surface area contributed by atoms with E-state index in [1.807, 2.05) is 51.1 Å². The molecule has 0 aliphatic carbocycles. The highest BCUT2D eigenvalue weighted by molar-refractivity contribution is 5.68. The van der Waals surface area contributed by atoms with E-state index in [-0.39, 0.29) is 12.1 Å². The predicted octanol–water partition coefficient (Wildman–Crippen LogP) is 3.17. The van der Waals surface area contributed by atoms with Crippen LogP contribution in [0.15, 0.2) is 39.5 Å². The van der Waals surface area contributed by atoms with Gasteiger partial charge in [-0.05, 0) is 39.7 Å². The Labute approximate surface area is 186 Å². The van der Waals surface area contributed by atoms with Crippen LogP contribution >= 0.6 is 0 Å². The van der Waals surface area contributed by atoms with Gasteiger partial charge in [-0.1, -0.05) is 30.3 Å². The Bertz CT molecular complexity index is 1190. The van der Waals surface area contributed by atoms with E-state index >= 15 is 0 Å². The molecule has 0 saturated carbocycles. The first-order valence-electron chi connectivity index (χ1n) is 10.6. The van der Waals surface area contributed by atoms with Crippen LogP contribution in [0.3, 0.4) is 0 Å². The number of fused-ring (bicyclic) bond motifs is 1. The molecular weight excluding hydrogens is 410 g/mol. The minimum absolute atomic E-state index is 0.166. The van der Waals surface area contributed by atoms with Gasteiger partial charge >= 0.3 is 6.09 Å². The van der Waals surface area contributed by atoms with Crippen LogP contribution in [0.1, 0.15) is 61.2 Å². The molecule has 0 radical (unpaired) electrons. The van der Waals surface area contributed by atoms with Crippen LogP contribution in [0.5, 0.6) is 0 Å². The SMILES string of the molecule is Cc1nnc(C(c2ccccc2)n2c(C)nc3c(c2=O)CCN(C(=O)OC(C)(C)C)C3)o1. The molecule has 1 aromatic carbocycles. The monoisotopic (exact) mass is 437 g/mol. The molecule has 3 aromatic rings. The number of aryl methyl sites for hydroxylation is 2. The predicted molar refractivity (Wildman–Crippen MR) is 116 cm³/mol. The number of rotatable bonds is 3. The number of hydrogen-bond acceptors (Lipinski definition) is 7. The molecule has 9 nitrogen and oxygen atoms in total. The molecule has 0 saturated heterocycles. The number of hydrogen-bond donors (Lipinski definition) is 0. The van der Waals surface area contributed by atoms with Crippen LogP contribution < -0.4 is 5.56 Å². The minimum Gasteiger partial charge on any atom is -0.444 e. The van der Waals surface area contributed by atoms with Crippen LogP contribution in [0, 0.1) is 13.8 Å². The van der Waals surface area contributed by atoms with Crippen molar-refractivity contribution in [2.75, 3.05) is 6.54 Å². The maximum absolute atomic E-state index is 13.6. The molecule has 1 amide bonds. The van der Waals surface area contributed by atoms with Crippen molar-refractivity contribution in [1.82, 2.24) is 24.6 Å². The third kappa shape index (κ3) is 4.28. The number of benzene rings is 1. The van der Waals surface area contributed by atoms with Crippen LogP contribution in [0.2, 0.25) is 0 Å². The lowest BCUT2D eigenvalue weighted by Crippen LogP contribution is -2.43. The van der Waals surface area contributed by atoms with Crippen molar-refractivity contribution in [3.63, 3.8) is 0 Å². The van der Waals surface area contributed by atoms with Gasteiger partial charge in [0.1, 0.15) is 17.5 Å². The number of ether oxygens (including phenoxy) is 1. The van der Waals surface area contributed by atoms with Crippen LogP contribution in [-0.4, -0.2) is 42.9 Å². The van der Waals surface area contributed by atoms with Crippen LogP contribution in [0.4, 0.5) is 4.79 Å². The summed E-state index contributed by atoms with van der Waals surface area (Å²) >= 11 is 0. The quantitative estimate of drug-likeness (QED) is 0.620. The average molecular weight is 438 g/mol. The van der Waals surface area contributed by atoms with Gasteiger partial charge in [-0.3, -0.25) is 9.36 Å². The van der Waals surface area contributed by atoms with E-state index in [0.717, 1.165) is 5.56 Å². The molecule has 0 bridgehead atoms. The van der Waals surface area contributed by atoms with Crippen molar-refractivity contribution in [1.29, 1.82) is 0 Å². The van der Waals surface area contributed by atoms with Crippen LogP contribution in [0.25, 0.3) is 0 Å². The summed E-state index contributed by atoms with van der Waals surface area (Å²) in [5.41, 5.74) is 1.27. The van der Waals surface area contributed by atoms with Gasteiger partial charge in [0.15, 0.2) is 0 Å². The highest BCUT2D eigenvalue weighted by Gasteiger charge is 2.32. The zero-order valence-corrected chi connectivity index (χ0v) is 19.0. The largest absolute Gasteiger partial charge is 0.444 e. The normalized spacial score (nSPS) is 14.7. The molecule has 3 heterocycles. The zero-order chi connectivity index (χ0) is 23.0. The Morgan fingerprint density at radius 2 is 1.88 bits per heavy atom. The summed E-state index contributed by atoms with van der Waals surface area (Å²) in [4.78, 5) is 32.4. The van der Waals surface area contributed by atoms with Gasteiger partial charge < -0.3 is 14.1 Å². The fourth-order valence-electron chi connectivity index (χ4n) is 3.87. The van der Waals surface area contributed by atoms with Crippen molar-refractivity contribution in [3.05, 3.63) is 75.1 Å². The van der Waals surface area contributed by atoms with Crippen molar-refractivity contribution in [3.8, 4) is 0 Å². The second-order valence-electron chi connectivity index (χ2n) is 8.88. The number of aromatic nitrogens is 4. The molecule has 1 aliphatic heterocycles. The van der Waals surface area contributed by atoms with E-state index in [9.17, 15) is 9.59 Å². The highest BCUT2D eigenvalue weighted by atomic mass is 16.6. The van der Waals surface area contributed by atoms with E-state index in [2.05, 4.69) is 10.2 Å². The smallest absolute Gasteiger partial charge is 0.410 e. The summed E-state index contributed by atoms with van der Waals surface area (Å²) in [5, 5.41) is 8.14. The lowest BCUT2D eigenvalue weighted by Gasteiger charge is -2.31. The molecule has 1 atom stereocenters. The van der Waals surface area contributed by atoms with Gasteiger partial charge in [0.05, 0.1) is 12.2 Å². The van der Waals surface area contributed by atoms with E-state index in [1.54, 1.807) is 23.3 Å². The molecule has 9 heteroatoms. The van der Waals surface area contributed by atoms with Gasteiger partial charge in [0.2, 0.25) is 11.8 Å². The highest BCUT2D eigenvalue weighted by Crippen LogP contribution is 2.27. The molecular formula is C23H27N5O4. The molecule has 0 spiro atoms. The Morgan fingerprint density at radius 3 is 2.50 bits per heavy atom. The van der Waals surface area contributed by atoms with Gasteiger partial charge in [0, 0.05) is 19.0 Å². The second-order valence-corrected chi connectivity index (χ2v) is 8.88. The molecule has 1 aliphatic rings. The first-order chi connectivity index (χ1) is 15.1. The summed E-state index contributed by atoms with van der Waals surface area (Å²) in [7, 11) is 0. The van der Waals surface area contributed by atoms with Gasteiger partial charge in [-0.25, -0.2) is 9.78 Å². The molecule has 0 N–H and O–H groups in total. The van der Waals surface area contributed by atoms with Crippen LogP contribution in [-0.2, 0) is 17.7 Å². The molecule has 1 unspecified atom stereocenters. The van der Waals surface area contributed by atoms with Crippen molar-refractivity contribution >= 4 is 6.09 Å². The first kappa shape index (κ1) is 21.7. The summed E-state index contributed by atoms with van der Waals surface area (Å²) in [5.74, 6) is 1.25.